The number of benzene rings is 1. The van der Waals surface area contributed by atoms with Gasteiger partial charge in [-0.15, -0.1) is 0 Å². The third-order valence-corrected chi connectivity index (χ3v) is 5.43. The van der Waals surface area contributed by atoms with E-state index in [1.807, 2.05) is 41.4 Å². The van der Waals surface area contributed by atoms with Gasteiger partial charge in [0.25, 0.3) is 5.91 Å². The van der Waals surface area contributed by atoms with Crippen LogP contribution in [0.3, 0.4) is 0 Å². The smallest absolute Gasteiger partial charge is 0.272 e. The van der Waals surface area contributed by atoms with Crippen LogP contribution in [0.15, 0.2) is 42.6 Å². The van der Waals surface area contributed by atoms with Gasteiger partial charge in [-0.2, -0.15) is 0 Å². The number of hydrogen-bond acceptors (Lipinski definition) is 5. The molecule has 6 heteroatoms. The number of carbonyl (C=O) groups is 1. The molecule has 3 heterocycles. The number of pyridine rings is 1. The van der Waals surface area contributed by atoms with Crippen LogP contribution in [0.2, 0.25) is 0 Å². The molecule has 1 amide bonds. The van der Waals surface area contributed by atoms with Gasteiger partial charge in [0.1, 0.15) is 11.4 Å². The summed E-state index contributed by atoms with van der Waals surface area (Å²) in [6, 6.07) is 11.9. The molecule has 0 spiro atoms. The Kier molecular flexibility index (Phi) is 5.14. The Hall–Kier alpha value is -2.76. The predicted octanol–water partition coefficient (Wildman–Crippen LogP) is 2.65. The molecule has 0 radical (unpaired) electrons. The van der Waals surface area contributed by atoms with Gasteiger partial charge in [0.05, 0.1) is 24.7 Å². The van der Waals surface area contributed by atoms with Crippen molar-refractivity contribution in [3.05, 3.63) is 48.3 Å². The van der Waals surface area contributed by atoms with Gasteiger partial charge in [0.15, 0.2) is 0 Å². The van der Waals surface area contributed by atoms with Crippen molar-refractivity contribution in [2.45, 2.75) is 12.8 Å². The first kappa shape index (κ1) is 17.6. The first-order chi connectivity index (χ1) is 13.3. The van der Waals surface area contributed by atoms with Crippen molar-refractivity contribution >= 4 is 17.3 Å². The van der Waals surface area contributed by atoms with E-state index in [1.165, 1.54) is 12.8 Å². The summed E-state index contributed by atoms with van der Waals surface area (Å²) in [5, 5.41) is 0. The van der Waals surface area contributed by atoms with Crippen LogP contribution in [-0.4, -0.2) is 62.2 Å². The summed E-state index contributed by atoms with van der Waals surface area (Å²) >= 11 is 0. The lowest BCUT2D eigenvalue weighted by Gasteiger charge is -2.36. The van der Waals surface area contributed by atoms with Crippen molar-refractivity contribution < 1.29 is 9.53 Å². The van der Waals surface area contributed by atoms with Gasteiger partial charge in [0.2, 0.25) is 0 Å². The van der Waals surface area contributed by atoms with E-state index in [4.69, 9.17) is 4.74 Å². The van der Waals surface area contributed by atoms with Gasteiger partial charge >= 0.3 is 0 Å². The van der Waals surface area contributed by atoms with E-state index in [9.17, 15) is 4.79 Å². The Bertz CT molecular complexity index is 779. The normalized spacial score (nSPS) is 17.3. The number of methoxy groups -OCH3 is 1. The second kappa shape index (κ2) is 7.86. The SMILES string of the molecule is COc1ccccc1N1CCN(C(=O)c2ccc(N3CCCC3)cn2)CC1. The van der Waals surface area contributed by atoms with E-state index in [2.05, 4.69) is 20.9 Å². The minimum Gasteiger partial charge on any atom is -0.495 e. The predicted molar refractivity (Wildman–Crippen MR) is 107 cm³/mol. The highest BCUT2D eigenvalue weighted by molar-refractivity contribution is 5.92. The Labute approximate surface area is 160 Å². The Balaban J connectivity index is 1.38. The first-order valence-corrected chi connectivity index (χ1v) is 9.64. The molecule has 2 saturated heterocycles. The molecule has 0 saturated carbocycles. The third-order valence-electron chi connectivity index (χ3n) is 5.43. The second-order valence-electron chi connectivity index (χ2n) is 7.05. The monoisotopic (exact) mass is 366 g/mol. The molecule has 2 fully saturated rings. The highest BCUT2D eigenvalue weighted by Crippen LogP contribution is 2.28. The van der Waals surface area contributed by atoms with E-state index in [1.54, 1.807) is 7.11 Å². The van der Waals surface area contributed by atoms with Gasteiger partial charge < -0.3 is 19.4 Å². The summed E-state index contributed by atoms with van der Waals surface area (Å²) < 4.78 is 5.46. The molecular formula is C21H26N4O2. The molecule has 27 heavy (non-hydrogen) atoms. The fourth-order valence-electron chi connectivity index (χ4n) is 3.88. The van der Waals surface area contributed by atoms with Gasteiger partial charge in [-0.3, -0.25) is 4.79 Å². The minimum absolute atomic E-state index is 0.0163. The quantitative estimate of drug-likeness (QED) is 0.833. The number of aromatic nitrogens is 1. The van der Waals surface area contributed by atoms with Crippen molar-refractivity contribution in [3.63, 3.8) is 0 Å². The number of para-hydroxylation sites is 2. The van der Waals surface area contributed by atoms with Crippen molar-refractivity contribution in [1.29, 1.82) is 0 Å². The lowest BCUT2D eigenvalue weighted by molar-refractivity contribution is 0.0741. The second-order valence-corrected chi connectivity index (χ2v) is 7.05. The molecule has 2 aromatic rings. The molecule has 1 aromatic heterocycles. The molecule has 142 valence electrons. The largest absolute Gasteiger partial charge is 0.495 e. The van der Waals surface area contributed by atoms with Gasteiger partial charge in [-0.25, -0.2) is 4.98 Å². The maximum absolute atomic E-state index is 12.8. The summed E-state index contributed by atoms with van der Waals surface area (Å²) in [7, 11) is 1.69. The highest BCUT2D eigenvalue weighted by atomic mass is 16.5. The summed E-state index contributed by atoms with van der Waals surface area (Å²) in [5.74, 6) is 0.888. The van der Waals surface area contributed by atoms with E-state index in [0.29, 0.717) is 18.8 Å². The lowest BCUT2D eigenvalue weighted by atomic mass is 10.2. The zero-order chi connectivity index (χ0) is 18.6. The van der Waals surface area contributed by atoms with Crippen molar-refractivity contribution in [2.75, 3.05) is 56.2 Å². The average molecular weight is 366 g/mol. The number of nitrogens with zero attached hydrogens (tertiary/aromatic N) is 4. The zero-order valence-corrected chi connectivity index (χ0v) is 15.8. The Morgan fingerprint density at radius 3 is 2.33 bits per heavy atom. The van der Waals surface area contributed by atoms with Crippen LogP contribution in [0.4, 0.5) is 11.4 Å². The van der Waals surface area contributed by atoms with Crippen LogP contribution >= 0.6 is 0 Å². The number of piperazine rings is 1. The fraction of sp³-hybridized carbons (Fsp3) is 0.429. The van der Waals surface area contributed by atoms with Gasteiger partial charge in [0, 0.05) is 39.3 Å². The van der Waals surface area contributed by atoms with Gasteiger partial charge in [-0.1, -0.05) is 12.1 Å². The molecule has 4 rings (SSSR count). The third kappa shape index (κ3) is 3.70. The topological polar surface area (TPSA) is 48.9 Å². The molecule has 6 nitrogen and oxygen atoms in total. The molecule has 0 bridgehead atoms. The maximum atomic E-state index is 12.8. The van der Waals surface area contributed by atoms with Crippen LogP contribution in [0, 0.1) is 0 Å². The average Bonchev–Trinajstić information content (AvgIpc) is 3.28. The first-order valence-electron chi connectivity index (χ1n) is 9.64. The number of ether oxygens (including phenoxy) is 1. The Morgan fingerprint density at radius 1 is 0.926 bits per heavy atom. The van der Waals surface area contributed by atoms with E-state index in [0.717, 1.165) is 43.3 Å². The van der Waals surface area contributed by atoms with Crippen LogP contribution < -0.4 is 14.5 Å². The van der Waals surface area contributed by atoms with Crippen molar-refractivity contribution in [3.8, 4) is 5.75 Å². The molecule has 2 aliphatic heterocycles. The number of anilines is 2. The number of carbonyl (C=O) groups excluding carboxylic acids is 1. The number of amides is 1. The van der Waals surface area contributed by atoms with Crippen LogP contribution in [-0.2, 0) is 0 Å². The van der Waals surface area contributed by atoms with Crippen LogP contribution in [0.1, 0.15) is 23.3 Å². The number of hydrogen-bond donors (Lipinski definition) is 0. The fourth-order valence-corrected chi connectivity index (χ4v) is 3.88. The lowest BCUT2D eigenvalue weighted by Crippen LogP contribution is -2.49. The van der Waals surface area contributed by atoms with Crippen LogP contribution in [0.25, 0.3) is 0 Å². The van der Waals surface area contributed by atoms with Crippen molar-refractivity contribution in [2.24, 2.45) is 0 Å². The van der Waals surface area contributed by atoms with E-state index in [-0.39, 0.29) is 5.91 Å². The molecular weight excluding hydrogens is 340 g/mol. The molecule has 0 atom stereocenters. The standard InChI is InChI=1S/C21H26N4O2/c1-27-20-7-3-2-6-19(20)24-12-14-25(15-13-24)21(26)18-9-8-17(16-22-18)23-10-4-5-11-23/h2-3,6-9,16H,4-5,10-15H2,1H3. The maximum Gasteiger partial charge on any atom is 0.272 e. The van der Waals surface area contributed by atoms with E-state index < -0.39 is 0 Å². The molecule has 1 aromatic carbocycles. The summed E-state index contributed by atoms with van der Waals surface area (Å²) in [6.45, 7) is 5.12. The zero-order valence-electron chi connectivity index (χ0n) is 15.8. The minimum atomic E-state index is 0.0163. The number of rotatable bonds is 4. The van der Waals surface area contributed by atoms with E-state index >= 15 is 0 Å². The molecule has 0 aliphatic carbocycles. The summed E-state index contributed by atoms with van der Waals surface area (Å²) in [4.78, 5) is 23.7. The summed E-state index contributed by atoms with van der Waals surface area (Å²) in [6.07, 6.45) is 4.30. The molecule has 2 aliphatic rings. The highest BCUT2D eigenvalue weighted by Gasteiger charge is 2.24. The van der Waals surface area contributed by atoms with Crippen molar-refractivity contribution in [1.82, 2.24) is 9.88 Å². The molecule has 0 unspecified atom stereocenters. The molecule has 0 N–H and O–H groups in total. The van der Waals surface area contributed by atoms with Crippen LogP contribution in [0.5, 0.6) is 5.75 Å². The van der Waals surface area contributed by atoms with Gasteiger partial charge in [-0.05, 0) is 37.1 Å². The summed E-state index contributed by atoms with van der Waals surface area (Å²) in [5.41, 5.74) is 2.73. The Morgan fingerprint density at radius 2 is 1.67 bits per heavy atom.